The van der Waals surface area contributed by atoms with Crippen molar-refractivity contribution in [1.29, 1.82) is 0 Å². The van der Waals surface area contributed by atoms with Gasteiger partial charge in [-0.1, -0.05) is 48.2 Å². The highest BCUT2D eigenvalue weighted by atomic mass is 32.2. The van der Waals surface area contributed by atoms with E-state index in [0.29, 0.717) is 41.3 Å². The second kappa shape index (κ2) is 13.6. The number of ether oxygens (including phenoxy) is 2. The van der Waals surface area contributed by atoms with Gasteiger partial charge in [0, 0.05) is 25.8 Å². The molecule has 0 spiro atoms. The van der Waals surface area contributed by atoms with E-state index in [-0.39, 0.29) is 29.7 Å². The zero-order chi connectivity index (χ0) is 27.6. The molecule has 0 aliphatic carbocycles. The predicted octanol–water partition coefficient (Wildman–Crippen LogP) is 3.24. The first-order chi connectivity index (χ1) is 19.0. The number of rotatable bonds is 12. The van der Waals surface area contributed by atoms with Crippen LogP contribution in [0, 0.1) is 0 Å². The van der Waals surface area contributed by atoms with Gasteiger partial charge in [0.1, 0.15) is 5.75 Å². The molecule has 0 aliphatic rings. The van der Waals surface area contributed by atoms with Gasteiger partial charge in [-0.2, -0.15) is 0 Å². The SMILES string of the molecule is COCCNC(=O)c1ccc(Cn2c(SCC(=O)NCc3ccc(OC)cc3)nc3ccccc3c2=O)cc1. The Bertz CT molecular complexity index is 1490. The highest BCUT2D eigenvalue weighted by Crippen LogP contribution is 2.19. The van der Waals surface area contributed by atoms with Crippen LogP contribution in [0.4, 0.5) is 0 Å². The molecule has 0 fully saturated rings. The summed E-state index contributed by atoms with van der Waals surface area (Å²) in [5.41, 5.74) is 2.67. The second-order valence-corrected chi connectivity index (χ2v) is 9.60. The van der Waals surface area contributed by atoms with Crippen LogP contribution in [-0.4, -0.2) is 54.5 Å². The van der Waals surface area contributed by atoms with Crippen LogP contribution in [0.3, 0.4) is 0 Å². The number of thioether (sulfide) groups is 1. The summed E-state index contributed by atoms with van der Waals surface area (Å²) in [5, 5.41) is 6.63. The van der Waals surface area contributed by atoms with Crippen molar-refractivity contribution in [3.8, 4) is 5.75 Å². The molecule has 2 N–H and O–H groups in total. The molecular formula is C29H30N4O5S. The third kappa shape index (κ3) is 7.46. The van der Waals surface area contributed by atoms with Gasteiger partial charge in [-0.05, 0) is 47.5 Å². The molecule has 202 valence electrons. The fourth-order valence-corrected chi connectivity index (χ4v) is 4.66. The molecule has 3 aromatic carbocycles. The molecule has 4 rings (SSSR count). The van der Waals surface area contributed by atoms with Crippen LogP contribution in [-0.2, 0) is 22.6 Å². The maximum absolute atomic E-state index is 13.4. The molecule has 0 atom stereocenters. The summed E-state index contributed by atoms with van der Waals surface area (Å²) in [4.78, 5) is 43.0. The van der Waals surface area contributed by atoms with Crippen molar-refractivity contribution in [3.05, 3.63) is 99.8 Å². The average Bonchev–Trinajstić information content (AvgIpc) is 2.97. The fraction of sp³-hybridized carbons (Fsp3) is 0.241. The van der Waals surface area contributed by atoms with E-state index >= 15 is 0 Å². The van der Waals surface area contributed by atoms with Gasteiger partial charge in [0.05, 0.1) is 36.9 Å². The number of methoxy groups -OCH3 is 2. The van der Waals surface area contributed by atoms with Crippen LogP contribution < -0.4 is 20.9 Å². The lowest BCUT2D eigenvalue weighted by Crippen LogP contribution is -2.27. The van der Waals surface area contributed by atoms with E-state index in [2.05, 4.69) is 15.6 Å². The number of nitrogens with one attached hydrogen (secondary N) is 2. The first-order valence-corrected chi connectivity index (χ1v) is 13.3. The second-order valence-electron chi connectivity index (χ2n) is 8.66. The van der Waals surface area contributed by atoms with Crippen molar-refractivity contribution in [1.82, 2.24) is 20.2 Å². The Kier molecular flexibility index (Phi) is 9.71. The Morgan fingerprint density at radius 1 is 0.923 bits per heavy atom. The minimum Gasteiger partial charge on any atom is -0.497 e. The Morgan fingerprint density at radius 3 is 2.36 bits per heavy atom. The van der Waals surface area contributed by atoms with E-state index in [1.54, 1.807) is 49.1 Å². The molecule has 9 nitrogen and oxygen atoms in total. The first kappa shape index (κ1) is 27.9. The van der Waals surface area contributed by atoms with Crippen molar-refractivity contribution in [3.63, 3.8) is 0 Å². The number of hydrogen-bond acceptors (Lipinski definition) is 7. The van der Waals surface area contributed by atoms with Crippen molar-refractivity contribution in [2.75, 3.05) is 33.1 Å². The largest absolute Gasteiger partial charge is 0.497 e. The zero-order valence-electron chi connectivity index (χ0n) is 21.8. The average molecular weight is 547 g/mol. The number of amides is 2. The van der Waals surface area contributed by atoms with E-state index in [0.717, 1.165) is 16.9 Å². The van der Waals surface area contributed by atoms with Crippen LogP contribution in [0.1, 0.15) is 21.5 Å². The van der Waals surface area contributed by atoms with E-state index < -0.39 is 0 Å². The number of hydrogen-bond donors (Lipinski definition) is 2. The zero-order valence-corrected chi connectivity index (χ0v) is 22.6. The first-order valence-electron chi connectivity index (χ1n) is 12.4. The number of fused-ring (bicyclic) bond motifs is 1. The third-order valence-corrected chi connectivity index (χ3v) is 6.93. The minimum absolute atomic E-state index is 0.0987. The lowest BCUT2D eigenvalue weighted by atomic mass is 10.1. The van der Waals surface area contributed by atoms with E-state index in [4.69, 9.17) is 9.47 Å². The standard InChI is InChI=1S/C29H30N4O5S/c1-37-16-15-30-27(35)22-11-7-21(8-12-22)18-33-28(36)24-5-3-4-6-25(24)32-29(33)39-19-26(34)31-17-20-9-13-23(38-2)14-10-20/h3-14H,15-19H2,1-2H3,(H,30,35)(H,31,34). The minimum atomic E-state index is -0.194. The summed E-state index contributed by atoms with van der Waals surface area (Å²) in [6.07, 6.45) is 0. The number of nitrogens with zero attached hydrogens (tertiary/aromatic N) is 2. The monoisotopic (exact) mass is 546 g/mol. The molecule has 10 heteroatoms. The highest BCUT2D eigenvalue weighted by Gasteiger charge is 2.14. The summed E-state index contributed by atoms with van der Waals surface area (Å²) in [7, 11) is 3.18. The Morgan fingerprint density at radius 2 is 1.64 bits per heavy atom. The number of aromatic nitrogens is 2. The van der Waals surface area contributed by atoms with E-state index in [1.807, 2.05) is 42.5 Å². The normalized spacial score (nSPS) is 10.8. The molecule has 1 heterocycles. The highest BCUT2D eigenvalue weighted by molar-refractivity contribution is 7.99. The molecule has 2 amide bonds. The Hall–Kier alpha value is -4.15. The molecule has 0 unspecified atom stereocenters. The molecule has 0 bridgehead atoms. The molecule has 0 radical (unpaired) electrons. The van der Waals surface area contributed by atoms with Gasteiger partial charge in [0.25, 0.3) is 11.5 Å². The van der Waals surface area contributed by atoms with Gasteiger partial charge >= 0.3 is 0 Å². The van der Waals surface area contributed by atoms with Crippen LogP contribution in [0.25, 0.3) is 10.9 Å². The van der Waals surface area contributed by atoms with Gasteiger partial charge in [0.15, 0.2) is 5.16 Å². The summed E-state index contributed by atoms with van der Waals surface area (Å²) >= 11 is 1.21. The van der Waals surface area contributed by atoms with Crippen molar-refractivity contribution in [2.45, 2.75) is 18.2 Å². The maximum Gasteiger partial charge on any atom is 0.262 e. The molecule has 39 heavy (non-hydrogen) atoms. The quantitative estimate of drug-likeness (QED) is 0.159. The summed E-state index contributed by atoms with van der Waals surface area (Å²) in [6.45, 7) is 1.48. The fourth-order valence-electron chi connectivity index (χ4n) is 3.84. The van der Waals surface area contributed by atoms with E-state index in [1.165, 1.54) is 11.8 Å². The van der Waals surface area contributed by atoms with Crippen LogP contribution >= 0.6 is 11.8 Å². The molecular weight excluding hydrogens is 516 g/mol. The summed E-state index contributed by atoms with van der Waals surface area (Å²) < 4.78 is 11.7. The summed E-state index contributed by atoms with van der Waals surface area (Å²) in [5.74, 6) is 0.483. The Labute approximate surface area is 230 Å². The van der Waals surface area contributed by atoms with E-state index in [9.17, 15) is 14.4 Å². The van der Waals surface area contributed by atoms with Gasteiger partial charge in [0.2, 0.25) is 5.91 Å². The lowest BCUT2D eigenvalue weighted by molar-refractivity contribution is -0.118. The van der Waals surface area contributed by atoms with Gasteiger partial charge in [-0.15, -0.1) is 0 Å². The molecule has 0 saturated heterocycles. The van der Waals surface area contributed by atoms with Gasteiger partial charge < -0.3 is 20.1 Å². The number of benzene rings is 3. The molecule has 0 aliphatic heterocycles. The van der Waals surface area contributed by atoms with Crippen LogP contribution in [0.5, 0.6) is 5.75 Å². The van der Waals surface area contributed by atoms with Gasteiger partial charge in [-0.25, -0.2) is 4.98 Å². The molecule has 1 aromatic heterocycles. The van der Waals surface area contributed by atoms with Gasteiger partial charge in [-0.3, -0.25) is 19.0 Å². The van der Waals surface area contributed by atoms with Crippen molar-refractivity contribution < 1.29 is 19.1 Å². The maximum atomic E-state index is 13.4. The molecule has 4 aromatic rings. The number of carbonyl (C=O) groups excluding carboxylic acids is 2. The van der Waals surface area contributed by atoms with Crippen molar-refractivity contribution >= 4 is 34.5 Å². The van der Waals surface area contributed by atoms with Crippen molar-refractivity contribution in [2.24, 2.45) is 0 Å². The summed E-state index contributed by atoms with van der Waals surface area (Å²) in [6, 6.07) is 21.7. The number of carbonyl (C=O) groups is 2. The van der Waals surface area contributed by atoms with Crippen LogP contribution in [0.15, 0.2) is 82.7 Å². The van der Waals surface area contributed by atoms with Crippen LogP contribution in [0.2, 0.25) is 0 Å². The molecule has 0 saturated carbocycles. The smallest absolute Gasteiger partial charge is 0.262 e. The predicted molar refractivity (Wildman–Crippen MR) is 151 cm³/mol. The lowest BCUT2D eigenvalue weighted by Gasteiger charge is -2.14. The number of para-hydroxylation sites is 1. The third-order valence-electron chi connectivity index (χ3n) is 5.96. The Balaban J connectivity index is 1.47. The topological polar surface area (TPSA) is 112 Å².